The topological polar surface area (TPSA) is 54.6 Å². The summed E-state index contributed by atoms with van der Waals surface area (Å²) < 4.78 is 5.35. The van der Waals surface area contributed by atoms with Crippen LogP contribution in [0.5, 0.6) is 5.75 Å². The maximum atomic E-state index is 5.70. The first kappa shape index (κ1) is 14.0. The van der Waals surface area contributed by atoms with E-state index in [4.69, 9.17) is 22.7 Å². The van der Waals surface area contributed by atoms with Crippen LogP contribution in [0.3, 0.4) is 0 Å². The molecule has 1 aliphatic rings. The van der Waals surface area contributed by atoms with Crippen molar-refractivity contribution in [3.05, 3.63) is 18.3 Å². The van der Waals surface area contributed by atoms with Crippen molar-refractivity contribution in [1.29, 1.82) is 0 Å². The van der Waals surface area contributed by atoms with E-state index in [1.807, 2.05) is 12.1 Å². The Morgan fingerprint density at radius 2 is 2.11 bits per heavy atom. The normalized spacial score (nSPS) is 18.1. The third kappa shape index (κ3) is 3.13. The number of hydrogen-bond acceptors (Lipinski definition) is 5. The SMILES string of the molecule is COc1cccnc1N1CCN(C(C)C(N)=S)CC1. The second-order valence-electron chi connectivity index (χ2n) is 4.63. The van der Waals surface area contributed by atoms with Gasteiger partial charge in [0.15, 0.2) is 11.6 Å². The Kier molecular flexibility index (Phi) is 4.55. The van der Waals surface area contributed by atoms with Gasteiger partial charge < -0.3 is 15.4 Å². The van der Waals surface area contributed by atoms with Crippen LogP contribution in [0.4, 0.5) is 5.82 Å². The largest absolute Gasteiger partial charge is 0.493 e. The lowest BCUT2D eigenvalue weighted by Crippen LogP contribution is -2.53. The van der Waals surface area contributed by atoms with Crippen molar-refractivity contribution in [1.82, 2.24) is 9.88 Å². The zero-order valence-electron chi connectivity index (χ0n) is 11.4. The summed E-state index contributed by atoms with van der Waals surface area (Å²) in [4.78, 5) is 9.51. The molecule has 6 heteroatoms. The van der Waals surface area contributed by atoms with Crippen molar-refractivity contribution >= 4 is 23.0 Å². The van der Waals surface area contributed by atoms with Gasteiger partial charge in [-0.3, -0.25) is 4.90 Å². The molecular weight excluding hydrogens is 260 g/mol. The first-order chi connectivity index (χ1) is 9.13. The van der Waals surface area contributed by atoms with Gasteiger partial charge in [-0.25, -0.2) is 4.98 Å². The van der Waals surface area contributed by atoms with Crippen molar-refractivity contribution in [3.63, 3.8) is 0 Å². The summed E-state index contributed by atoms with van der Waals surface area (Å²) in [5.74, 6) is 1.73. The molecule has 0 spiro atoms. The number of methoxy groups -OCH3 is 1. The molecule has 0 aliphatic carbocycles. The smallest absolute Gasteiger partial charge is 0.171 e. The van der Waals surface area contributed by atoms with Gasteiger partial charge in [0.2, 0.25) is 0 Å². The Morgan fingerprint density at radius 3 is 2.68 bits per heavy atom. The first-order valence-electron chi connectivity index (χ1n) is 6.41. The Bertz CT molecular complexity index is 446. The van der Waals surface area contributed by atoms with E-state index in [1.165, 1.54) is 0 Å². The highest BCUT2D eigenvalue weighted by Gasteiger charge is 2.24. The highest BCUT2D eigenvalue weighted by molar-refractivity contribution is 7.80. The van der Waals surface area contributed by atoms with Crippen molar-refractivity contribution in [2.75, 3.05) is 38.2 Å². The summed E-state index contributed by atoms with van der Waals surface area (Å²) in [6.45, 7) is 5.72. The van der Waals surface area contributed by atoms with Gasteiger partial charge in [0.1, 0.15) is 0 Å². The number of hydrogen-bond donors (Lipinski definition) is 1. The number of nitrogens with zero attached hydrogens (tertiary/aromatic N) is 3. The second kappa shape index (κ2) is 6.16. The number of piperazine rings is 1. The van der Waals surface area contributed by atoms with E-state index in [2.05, 4.69) is 21.7 Å². The predicted octanol–water partition coefficient (Wildman–Crippen LogP) is 0.887. The van der Waals surface area contributed by atoms with Gasteiger partial charge in [-0.15, -0.1) is 0 Å². The number of aromatic nitrogens is 1. The molecule has 0 aromatic carbocycles. The molecule has 0 saturated carbocycles. The quantitative estimate of drug-likeness (QED) is 0.827. The maximum absolute atomic E-state index is 5.70. The number of anilines is 1. The maximum Gasteiger partial charge on any atom is 0.171 e. The molecule has 19 heavy (non-hydrogen) atoms. The number of rotatable bonds is 4. The highest BCUT2D eigenvalue weighted by atomic mass is 32.1. The molecule has 1 fully saturated rings. The van der Waals surface area contributed by atoms with Crippen LogP contribution in [-0.4, -0.2) is 54.2 Å². The molecule has 0 radical (unpaired) electrons. The van der Waals surface area contributed by atoms with Crippen LogP contribution in [-0.2, 0) is 0 Å². The van der Waals surface area contributed by atoms with Crippen molar-refractivity contribution < 1.29 is 4.74 Å². The molecular formula is C13H20N4OS. The summed E-state index contributed by atoms with van der Waals surface area (Å²) in [7, 11) is 1.67. The minimum atomic E-state index is 0.155. The molecule has 104 valence electrons. The third-order valence-corrected chi connectivity index (χ3v) is 3.89. The first-order valence-corrected chi connectivity index (χ1v) is 6.81. The fraction of sp³-hybridized carbons (Fsp3) is 0.538. The van der Waals surface area contributed by atoms with Gasteiger partial charge in [-0.1, -0.05) is 12.2 Å². The molecule has 1 aliphatic heterocycles. The van der Waals surface area contributed by atoms with Crippen LogP contribution in [0, 0.1) is 0 Å². The van der Waals surface area contributed by atoms with E-state index in [1.54, 1.807) is 13.3 Å². The van der Waals surface area contributed by atoms with E-state index < -0.39 is 0 Å². The number of pyridine rings is 1. The van der Waals surface area contributed by atoms with Gasteiger partial charge in [-0.05, 0) is 19.1 Å². The van der Waals surface area contributed by atoms with Crippen molar-refractivity contribution in [2.45, 2.75) is 13.0 Å². The molecule has 1 aromatic heterocycles. The molecule has 1 aromatic rings. The molecule has 0 bridgehead atoms. The van der Waals surface area contributed by atoms with E-state index in [-0.39, 0.29) is 6.04 Å². The van der Waals surface area contributed by atoms with E-state index >= 15 is 0 Å². The minimum Gasteiger partial charge on any atom is -0.493 e. The Morgan fingerprint density at radius 1 is 1.42 bits per heavy atom. The van der Waals surface area contributed by atoms with Gasteiger partial charge in [0.05, 0.1) is 18.1 Å². The summed E-state index contributed by atoms with van der Waals surface area (Å²) in [6.07, 6.45) is 1.79. The van der Waals surface area contributed by atoms with Gasteiger partial charge >= 0.3 is 0 Å². The van der Waals surface area contributed by atoms with Crippen molar-refractivity contribution in [2.24, 2.45) is 5.73 Å². The fourth-order valence-electron chi connectivity index (χ4n) is 2.28. The van der Waals surface area contributed by atoms with Crippen LogP contribution >= 0.6 is 12.2 Å². The van der Waals surface area contributed by atoms with Gasteiger partial charge in [-0.2, -0.15) is 0 Å². The molecule has 0 amide bonds. The molecule has 1 unspecified atom stereocenters. The summed E-state index contributed by atoms with van der Waals surface area (Å²) in [6, 6.07) is 3.97. The lowest BCUT2D eigenvalue weighted by molar-refractivity contribution is 0.238. The monoisotopic (exact) mass is 280 g/mol. The third-order valence-electron chi connectivity index (χ3n) is 3.54. The number of ether oxygens (including phenoxy) is 1. The van der Waals surface area contributed by atoms with Crippen LogP contribution < -0.4 is 15.4 Å². The zero-order valence-corrected chi connectivity index (χ0v) is 12.2. The van der Waals surface area contributed by atoms with Crippen LogP contribution in [0.1, 0.15) is 6.92 Å². The van der Waals surface area contributed by atoms with Crippen LogP contribution in [0.2, 0.25) is 0 Å². The molecule has 2 heterocycles. The van der Waals surface area contributed by atoms with Crippen LogP contribution in [0.15, 0.2) is 18.3 Å². The van der Waals surface area contributed by atoms with Gasteiger partial charge in [0, 0.05) is 32.4 Å². The van der Waals surface area contributed by atoms with E-state index in [0.29, 0.717) is 4.99 Å². The Hall–Kier alpha value is -1.40. The molecule has 1 atom stereocenters. The molecule has 5 nitrogen and oxygen atoms in total. The lowest BCUT2D eigenvalue weighted by atomic mass is 10.2. The summed E-state index contributed by atoms with van der Waals surface area (Å²) in [5.41, 5.74) is 5.70. The van der Waals surface area contributed by atoms with Gasteiger partial charge in [0.25, 0.3) is 0 Å². The van der Waals surface area contributed by atoms with E-state index in [0.717, 1.165) is 37.7 Å². The fourth-order valence-corrected chi connectivity index (χ4v) is 2.43. The molecule has 2 rings (SSSR count). The average molecular weight is 280 g/mol. The summed E-state index contributed by atoms with van der Waals surface area (Å²) >= 11 is 5.05. The molecule has 2 N–H and O–H groups in total. The van der Waals surface area contributed by atoms with Crippen molar-refractivity contribution in [3.8, 4) is 5.75 Å². The number of thiocarbonyl (C=S) groups is 1. The second-order valence-corrected chi connectivity index (χ2v) is 5.10. The predicted molar refractivity (Wildman–Crippen MR) is 80.8 cm³/mol. The number of nitrogens with two attached hydrogens (primary N) is 1. The van der Waals surface area contributed by atoms with Crippen LogP contribution in [0.25, 0.3) is 0 Å². The minimum absolute atomic E-state index is 0.155. The standard InChI is InChI=1S/C13H20N4OS/c1-10(12(14)19)16-6-8-17(9-7-16)13-11(18-2)4-3-5-15-13/h3-5,10H,6-9H2,1-2H3,(H2,14,19). The average Bonchev–Trinajstić information content (AvgIpc) is 2.46. The van der Waals surface area contributed by atoms with E-state index in [9.17, 15) is 0 Å². The Balaban J connectivity index is 2.02. The Labute approximate surface area is 119 Å². The highest BCUT2D eigenvalue weighted by Crippen LogP contribution is 2.25. The molecule has 1 saturated heterocycles. The zero-order chi connectivity index (χ0) is 13.8. The lowest BCUT2D eigenvalue weighted by Gasteiger charge is -2.38. The summed E-state index contributed by atoms with van der Waals surface area (Å²) in [5, 5.41) is 0.